The summed E-state index contributed by atoms with van der Waals surface area (Å²) in [6, 6.07) is 7.46. The third-order valence-electron chi connectivity index (χ3n) is 4.76. The standard InChI is InChI=1S/C19H29N3O3/c1-14-6-4-5-7-17(14)21-19(24)13-22(2)12-18(23)20-15-8-10-16(25-3)11-9-15/h8-11,14,17H,4-7,12-13H2,1-3H3,(H,20,23)(H,21,24)/p+1/t14-,17+/m1/s1. The molecule has 25 heavy (non-hydrogen) atoms. The molecule has 138 valence electrons. The van der Waals surface area contributed by atoms with E-state index in [1.54, 1.807) is 31.4 Å². The first-order chi connectivity index (χ1) is 12.0. The maximum absolute atomic E-state index is 12.2. The molecular weight excluding hydrogens is 318 g/mol. The highest BCUT2D eigenvalue weighted by Gasteiger charge is 2.24. The van der Waals surface area contributed by atoms with Gasteiger partial charge in [-0.3, -0.25) is 9.59 Å². The first-order valence-electron chi connectivity index (χ1n) is 9.02. The van der Waals surface area contributed by atoms with Crippen molar-refractivity contribution in [3.8, 4) is 5.75 Å². The highest BCUT2D eigenvalue weighted by Crippen LogP contribution is 2.23. The van der Waals surface area contributed by atoms with E-state index in [9.17, 15) is 9.59 Å². The number of carbonyl (C=O) groups is 2. The molecule has 6 heteroatoms. The van der Waals surface area contributed by atoms with Crippen LogP contribution in [0.25, 0.3) is 0 Å². The summed E-state index contributed by atoms with van der Waals surface area (Å²) in [7, 11) is 3.46. The lowest BCUT2D eigenvalue weighted by atomic mass is 9.86. The third-order valence-corrected chi connectivity index (χ3v) is 4.76. The second kappa shape index (κ2) is 9.42. The fourth-order valence-corrected chi connectivity index (χ4v) is 3.28. The van der Waals surface area contributed by atoms with Gasteiger partial charge in [0.25, 0.3) is 11.8 Å². The number of benzene rings is 1. The number of anilines is 1. The van der Waals surface area contributed by atoms with E-state index in [1.165, 1.54) is 19.3 Å². The normalized spacial score (nSPS) is 21.2. The zero-order valence-corrected chi connectivity index (χ0v) is 15.4. The van der Waals surface area contributed by atoms with Crippen molar-refractivity contribution in [1.29, 1.82) is 0 Å². The van der Waals surface area contributed by atoms with Crippen LogP contribution in [0.15, 0.2) is 24.3 Å². The Balaban J connectivity index is 1.73. The number of rotatable bonds is 7. The zero-order valence-electron chi connectivity index (χ0n) is 15.4. The number of ether oxygens (including phenoxy) is 1. The Morgan fingerprint density at radius 1 is 1.12 bits per heavy atom. The number of quaternary nitrogens is 1. The van der Waals surface area contributed by atoms with Crippen LogP contribution in [-0.2, 0) is 9.59 Å². The van der Waals surface area contributed by atoms with Crippen molar-refractivity contribution in [2.75, 3.05) is 32.6 Å². The fourth-order valence-electron chi connectivity index (χ4n) is 3.28. The summed E-state index contributed by atoms with van der Waals surface area (Å²) >= 11 is 0. The molecule has 0 radical (unpaired) electrons. The molecule has 2 rings (SSSR count). The van der Waals surface area contributed by atoms with Crippen LogP contribution in [0.3, 0.4) is 0 Å². The molecule has 0 aromatic heterocycles. The predicted octanol–water partition coefficient (Wildman–Crippen LogP) is 0.843. The summed E-state index contributed by atoms with van der Waals surface area (Å²) in [4.78, 5) is 25.2. The molecule has 0 spiro atoms. The van der Waals surface area contributed by atoms with Gasteiger partial charge in [0.05, 0.1) is 14.2 Å². The van der Waals surface area contributed by atoms with Gasteiger partial charge in [-0.15, -0.1) is 0 Å². The van der Waals surface area contributed by atoms with Crippen molar-refractivity contribution in [3.63, 3.8) is 0 Å². The minimum atomic E-state index is -0.110. The number of likely N-dealkylation sites (N-methyl/N-ethyl adjacent to an activating group) is 1. The average molecular weight is 348 g/mol. The zero-order chi connectivity index (χ0) is 18.2. The number of amides is 2. The molecular formula is C19H30N3O3+. The van der Waals surface area contributed by atoms with E-state index < -0.39 is 0 Å². The van der Waals surface area contributed by atoms with Crippen LogP contribution in [0.1, 0.15) is 32.6 Å². The molecule has 3 N–H and O–H groups in total. The minimum absolute atomic E-state index is 0.0218. The van der Waals surface area contributed by atoms with Gasteiger partial charge < -0.3 is 20.3 Å². The average Bonchev–Trinajstić information content (AvgIpc) is 2.57. The van der Waals surface area contributed by atoms with Gasteiger partial charge in [0.2, 0.25) is 0 Å². The first kappa shape index (κ1) is 19.2. The summed E-state index contributed by atoms with van der Waals surface area (Å²) in [6.45, 7) is 2.75. The maximum atomic E-state index is 12.2. The Hall–Kier alpha value is -2.08. The lowest BCUT2D eigenvalue weighted by molar-refractivity contribution is -0.862. The van der Waals surface area contributed by atoms with Crippen molar-refractivity contribution in [3.05, 3.63) is 24.3 Å². The Morgan fingerprint density at radius 2 is 1.76 bits per heavy atom. The lowest BCUT2D eigenvalue weighted by Gasteiger charge is -2.29. The SMILES string of the molecule is COc1ccc(NC(=O)C[NH+](C)CC(=O)N[C@H]2CCCC[C@H]2C)cc1. The van der Waals surface area contributed by atoms with E-state index >= 15 is 0 Å². The molecule has 0 saturated heterocycles. The van der Waals surface area contributed by atoms with Crippen LogP contribution in [0.2, 0.25) is 0 Å². The van der Waals surface area contributed by atoms with Crippen molar-refractivity contribution in [2.45, 2.75) is 38.6 Å². The number of carbonyl (C=O) groups excluding carboxylic acids is 2. The Kier molecular flexibility index (Phi) is 7.25. The van der Waals surface area contributed by atoms with Gasteiger partial charge in [-0.05, 0) is 43.0 Å². The number of nitrogens with one attached hydrogen (secondary N) is 3. The van der Waals surface area contributed by atoms with Crippen LogP contribution >= 0.6 is 0 Å². The first-order valence-corrected chi connectivity index (χ1v) is 9.02. The van der Waals surface area contributed by atoms with Crippen molar-refractivity contribution >= 4 is 17.5 Å². The predicted molar refractivity (Wildman–Crippen MR) is 97.8 cm³/mol. The molecule has 0 bridgehead atoms. The van der Waals surface area contributed by atoms with E-state index in [4.69, 9.17) is 4.74 Å². The largest absolute Gasteiger partial charge is 0.497 e. The van der Waals surface area contributed by atoms with E-state index in [0.717, 1.165) is 22.8 Å². The van der Waals surface area contributed by atoms with Crippen molar-refractivity contribution in [1.82, 2.24) is 5.32 Å². The van der Waals surface area contributed by atoms with Crippen LogP contribution in [0.4, 0.5) is 5.69 Å². The molecule has 1 aromatic carbocycles. The number of hydrogen-bond acceptors (Lipinski definition) is 3. The summed E-state index contributed by atoms with van der Waals surface area (Å²) in [6.07, 6.45) is 4.67. The van der Waals surface area contributed by atoms with Gasteiger partial charge in [0.1, 0.15) is 5.75 Å². The quantitative estimate of drug-likeness (QED) is 0.684. The van der Waals surface area contributed by atoms with Gasteiger partial charge in [-0.25, -0.2) is 0 Å². The monoisotopic (exact) mass is 348 g/mol. The highest BCUT2D eigenvalue weighted by atomic mass is 16.5. The lowest BCUT2D eigenvalue weighted by Crippen LogP contribution is -3.11. The van der Waals surface area contributed by atoms with Gasteiger partial charge in [-0.2, -0.15) is 0 Å². The van der Waals surface area contributed by atoms with E-state index in [-0.39, 0.29) is 24.4 Å². The summed E-state index contributed by atoms with van der Waals surface area (Å²) in [5, 5.41) is 5.97. The molecule has 0 heterocycles. The molecule has 1 aromatic rings. The molecule has 1 fully saturated rings. The summed E-state index contributed by atoms with van der Waals surface area (Å²) in [5.74, 6) is 1.20. The van der Waals surface area contributed by atoms with E-state index in [2.05, 4.69) is 17.6 Å². The topological polar surface area (TPSA) is 71.9 Å². The van der Waals surface area contributed by atoms with E-state index in [1.807, 2.05) is 7.05 Å². The second-order valence-corrected chi connectivity index (χ2v) is 7.02. The Bertz CT molecular complexity index is 574. The minimum Gasteiger partial charge on any atom is -0.497 e. The van der Waals surface area contributed by atoms with Gasteiger partial charge in [0, 0.05) is 11.7 Å². The molecule has 3 atom stereocenters. The van der Waals surface area contributed by atoms with Crippen LogP contribution in [0, 0.1) is 5.92 Å². The van der Waals surface area contributed by atoms with Crippen molar-refractivity contribution in [2.24, 2.45) is 5.92 Å². The van der Waals surface area contributed by atoms with Gasteiger partial charge in [0.15, 0.2) is 13.1 Å². The summed E-state index contributed by atoms with van der Waals surface area (Å²) in [5.41, 5.74) is 0.721. The smallest absolute Gasteiger partial charge is 0.279 e. The van der Waals surface area contributed by atoms with Gasteiger partial charge >= 0.3 is 0 Å². The molecule has 1 aliphatic carbocycles. The molecule has 1 saturated carbocycles. The summed E-state index contributed by atoms with van der Waals surface area (Å²) < 4.78 is 5.09. The maximum Gasteiger partial charge on any atom is 0.279 e. The second-order valence-electron chi connectivity index (χ2n) is 7.02. The van der Waals surface area contributed by atoms with Gasteiger partial charge in [-0.1, -0.05) is 19.8 Å². The number of hydrogen-bond donors (Lipinski definition) is 3. The molecule has 2 amide bonds. The van der Waals surface area contributed by atoms with Crippen LogP contribution < -0.4 is 20.3 Å². The molecule has 1 aliphatic rings. The van der Waals surface area contributed by atoms with Crippen LogP contribution in [-0.4, -0.2) is 45.1 Å². The fraction of sp³-hybridized carbons (Fsp3) is 0.579. The third kappa shape index (κ3) is 6.38. The number of methoxy groups -OCH3 is 1. The molecule has 6 nitrogen and oxygen atoms in total. The van der Waals surface area contributed by atoms with Crippen molar-refractivity contribution < 1.29 is 19.2 Å². The van der Waals surface area contributed by atoms with Crippen LogP contribution in [0.5, 0.6) is 5.75 Å². The Morgan fingerprint density at radius 3 is 2.40 bits per heavy atom. The molecule has 0 aliphatic heterocycles. The molecule has 1 unspecified atom stereocenters. The Labute approximate surface area is 149 Å². The highest BCUT2D eigenvalue weighted by molar-refractivity contribution is 5.91. The van der Waals surface area contributed by atoms with E-state index in [0.29, 0.717) is 12.5 Å².